The Balaban J connectivity index is 0.00000112. The summed E-state index contributed by atoms with van der Waals surface area (Å²) in [7, 11) is 0. The van der Waals surface area contributed by atoms with Gasteiger partial charge in [-0.1, -0.05) is 203 Å². The van der Waals surface area contributed by atoms with Gasteiger partial charge in [-0.15, -0.1) is 0 Å². The van der Waals surface area contributed by atoms with Crippen molar-refractivity contribution in [2.75, 3.05) is 0 Å². The second kappa shape index (κ2) is 42.1. The van der Waals surface area contributed by atoms with Gasteiger partial charge in [-0.25, -0.2) is 0 Å². The van der Waals surface area contributed by atoms with E-state index < -0.39 is 24.1 Å². The summed E-state index contributed by atoms with van der Waals surface area (Å²) in [6.45, 7) is 5.36. The average Bonchev–Trinajstić information content (AvgIpc) is 3.22. The van der Waals surface area contributed by atoms with Crippen molar-refractivity contribution in [2.24, 2.45) is 0 Å². The van der Waals surface area contributed by atoms with Gasteiger partial charge in [-0.3, -0.25) is 0 Å². The minimum atomic E-state index is -1.07. The average molecular weight is 949 g/mol. The molecular weight excluding hydrogens is 866 g/mol. The fraction of sp³-hybridized carbons (Fsp3) is 0.720. The van der Waals surface area contributed by atoms with Crippen LogP contribution in [0.15, 0.2) is 60.7 Å². The minimum Gasteiger partial charge on any atom is -0.550 e. The smallest absolute Gasteiger partial charge is 0.550 e. The third-order valence-electron chi connectivity index (χ3n) is 10.8. The Hall–Kier alpha value is -1.21. The Morgan fingerprint density at radius 1 is 0.475 bits per heavy atom. The van der Waals surface area contributed by atoms with Crippen LogP contribution in [0.5, 0.6) is 0 Å². The van der Waals surface area contributed by atoms with Gasteiger partial charge < -0.3 is 39.5 Å². The predicted molar refractivity (Wildman–Crippen MR) is 238 cm³/mol. The maximum Gasteiger partial charge on any atom is 2.00 e. The summed E-state index contributed by atoms with van der Waals surface area (Å²) in [5, 5.41) is 42.3. The summed E-state index contributed by atoms with van der Waals surface area (Å²) in [5.74, 6) is -2.13. The van der Waals surface area contributed by atoms with Crippen LogP contribution in [0.1, 0.15) is 205 Å². The van der Waals surface area contributed by atoms with Gasteiger partial charge in [-0.2, -0.15) is 0 Å². The third kappa shape index (κ3) is 38.2. The zero-order chi connectivity index (χ0) is 42.3. The number of hydrogen-bond acceptors (Lipinski definition) is 8. The van der Waals surface area contributed by atoms with Crippen LogP contribution < -0.4 is 10.2 Å². The molecule has 0 fully saturated rings. The summed E-state index contributed by atoms with van der Waals surface area (Å²) in [4.78, 5) is 21.6. The van der Waals surface area contributed by atoms with E-state index in [-0.39, 0.29) is 73.9 Å². The van der Waals surface area contributed by atoms with Crippen molar-refractivity contribution in [3.8, 4) is 0 Å². The van der Waals surface area contributed by atoms with Crippen molar-refractivity contribution in [3.05, 3.63) is 71.8 Å². The molecule has 0 aromatic heterocycles. The Labute approximate surface area is 400 Å². The third-order valence-corrected chi connectivity index (χ3v) is 10.8. The van der Waals surface area contributed by atoms with Crippen molar-refractivity contribution in [1.29, 1.82) is 0 Å². The summed E-state index contributed by atoms with van der Waals surface area (Å²) < 4.78 is 11.8. The number of aliphatic hydroxyl groups is 2. The van der Waals surface area contributed by atoms with Gasteiger partial charge in [0.25, 0.3) is 0 Å². The van der Waals surface area contributed by atoms with E-state index in [1.54, 1.807) is 0 Å². The van der Waals surface area contributed by atoms with E-state index >= 15 is 0 Å². The van der Waals surface area contributed by atoms with Crippen molar-refractivity contribution in [2.45, 2.75) is 231 Å². The molecule has 0 saturated carbocycles. The number of benzene rings is 2. The second-order valence-electron chi connectivity index (χ2n) is 16.4. The van der Waals surface area contributed by atoms with Crippen LogP contribution in [-0.2, 0) is 32.3 Å². The molecule has 2 rings (SSSR count). The monoisotopic (exact) mass is 949 g/mol. The zero-order valence-corrected chi connectivity index (χ0v) is 41.8. The maximum atomic E-state index is 10.8. The predicted octanol–water partition coefficient (Wildman–Crippen LogP) is 9.95. The molecule has 4 atom stereocenters. The van der Waals surface area contributed by atoms with Gasteiger partial charge >= 0.3 is 48.9 Å². The van der Waals surface area contributed by atoms with E-state index in [0.717, 1.165) is 49.7 Å². The molecule has 0 aliphatic carbocycles. The van der Waals surface area contributed by atoms with Crippen molar-refractivity contribution < 1.29 is 39.5 Å². The van der Waals surface area contributed by atoms with Gasteiger partial charge in [0.1, 0.15) is 0 Å². The molecule has 4 unspecified atom stereocenters. The topological polar surface area (TPSA) is 139 Å². The molecule has 2 aromatic carbocycles. The molecule has 332 valence electrons. The molecular formula is C50H82BaO8. The molecule has 0 saturated heterocycles. The first-order chi connectivity index (χ1) is 28.2. The SMILES string of the molecule is CCCCCCCCCCCCC(O)CC(CCC(=O)[O-])OCc1ccccc1.CCCCCCCCCCCCC(O)CC(CCC(=O)[O-])OCc1ccccc1.[Ba+2]. The van der Waals surface area contributed by atoms with E-state index in [0.29, 0.717) is 38.9 Å². The van der Waals surface area contributed by atoms with Crippen LogP contribution in [-0.4, -0.2) is 95.4 Å². The summed E-state index contributed by atoms with van der Waals surface area (Å²) >= 11 is 0. The Bertz CT molecular complexity index is 1110. The zero-order valence-electron chi connectivity index (χ0n) is 37.3. The quantitative estimate of drug-likeness (QED) is 0.0501. The molecule has 2 aromatic rings. The fourth-order valence-corrected chi connectivity index (χ4v) is 7.25. The van der Waals surface area contributed by atoms with E-state index in [2.05, 4.69) is 13.8 Å². The van der Waals surface area contributed by atoms with Gasteiger partial charge in [0.05, 0.1) is 37.6 Å². The number of carbonyl (C=O) groups excluding carboxylic acids is 2. The molecule has 0 amide bonds. The van der Waals surface area contributed by atoms with Gasteiger partial charge in [-0.05, 0) is 62.5 Å². The number of carboxylic acid groups (broad SMARTS) is 2. The van der Waals surface area contributed by atoms with Gasteiger partial charge in [0.15, 0.2) is 0 Å². The second-order valence-corrected chi connectivity index (χ2v) is 16.4. The molecule has 0 radical (unpaired) electrons. The number of aliphatic carboxylic acids is 2. The number of hydrogen-bond donors (Lipinski definition) is 2. The van der Waals surface area contributed by atoms with Crippen molar-refractivity contribution in [3.63, 3.8) is 0 Å². The summed E-state index contributed by atoms with van der Waals surface area (Å²) in [5.41, 5.74) is 2.10. The molecule has 0 heterocycles. The largest absolute Gasteiger partial charge is 2.00 e. The Kier molecular flexibility index (Phi) is 41.2. The first kappa shape index (κ1) is 57.8. The standard InChI is InChI=1S/2C25H42O4.Ba/c2*1-2-3-4-5-6-7-8-9-10-14-17-23(26)20-24(18-19-25(27)28)29-21-22-15-12-11-13-16-22;/h2*11-13,15-16,23-24,26H,2-10,14,17-21H2,1H3,(H,27,28);/q;;+2/p-2. The van der Waals surface area contributed by atoms with Crippen molar-refractivity contribution in [1.82, 2.24) is 0 Å². The van der Waals surface area contributed by atoms with Crippen LogP contribution in [0.4, 0.5) is 0 Å². The van der Waals surface area contributed by atoms with E-state index in [9.17, 15) is 30.0 Å². The van der Waals surface area contributed by atoms with Gasteiger partial charge in [0.2, 0.25) is 0 Å². The number of unbranched alkanes of at least 4 members (excludes halogenated alkanes) is 18. The molecule has 0 spiro atoms. The molecule has 0 aliphatic heterocycles. The number of carboxylic acids is 2. The van der Waals surface area contributed by atoms with Crippen LogP contribution >= 0.6 is 0 Å². The van der Waals surface area contributed by atoms with E-state index in [4.69, 9.17) is 9.47 Å². The normalized spacial score (nSPS) is 13.1. The molecule has 9 heteroatoms. The number of aliphatic hydroxyl groups excluding tert-OH is 2. The number of ether oxygens (including phenoxy) is 2. The van der Waals surface area contributed by atoms with Gasteiger partial charge in [0, 0.05) is 11.9 Å². The molecule has 59 heavy (non-hydrogen) atoms. The van der Waals surface area contributed by atoms with Crippen LogP contribution in [0.25, 0.3) is 0 Å². The van der Waals surface area contributed by atoms with Crippen LogP contribution in [0.2, 0.25) is 0 Å². The first-order valence-corrected chi connectivity index (χ1v) is 23.3. The fourth-order valence-electron chi connectivity index (χ4n) is 7.25. The van der Waals surface area contributed by atoms with Crippen molar-refractivity contribution >= 4 is 60.8 Å². The Morgan fingerprint density at radius 3 is 1.05 bits per heavy atom. The molecule has 0 bridgehead atoms. The van der Waals surface area contributed by atoms with Crippen LogP contribution in [0.3, 0.4) is 0 Å². The number of carbonyl (C=O) groups is 2. The minimum absolute atomic E-state index is 0. The van der Waals surface area contributed by atoms with E-state index in [1.807, 2.05) is 60.7 Å². The summed E-state index contributed by atoms with van der Waals surface area (Å²) in [6, 6.07) is 19.6. The summed E-state index contributed by atoms with van der Waals surface area (Å²) in [6.07, 6.45) is 27.3. The first-order valence-electron chi connectivity index (χ1n) is 23.3. The molecule has 8 nitrogen and oxygen atoms in total. The maximum absolute atomic E-state index is 10.8. The van der Waals surface area contributed by atoms with Crippen LogP contribution in [0, 0.1) is 0 Å². The molecule has 2 N–H and O–H groups in total. The van der Waals surface area contributed by atoms with E-state index in [1.165, 1.54) is 103 Å². The Morgan fingerprint density at radius 2 is 0.763 bits per heavy atom. The number of rotatable bonds is 38. The molecule has 0 aliphatic rings.